The Bertz CT molecular complexity index is 320. The van der Waals surface area contributed by atoms with Crippen molar-refractivity contribution < 1.29 is 9.13 Å². The van der Waals surface area contributed by atoms with Gasteiger partial charge in [-0.05, 0) is 24.6 Å². The van der Waals surface area contributed by atoms with Crippen molar-refractivity contribution in [2.45, 2.75) is 13.8 Å². The quantitative estimate of drug-likeness (QED) is 0.712. The van der Waals surface area contributed by atoms with E-state index in [0.29, 0.717) is 12.4 Å². The fourth-order valence-corrected chi connectivity index (χ4v) is 1.16. The minimum Gasteiger partial charge on any atom is -0.494 e. The Hall–Kier alpha value is -1.31. The molecule has 1 radical (unpaired) electrons. The molecule has 0 saturated carbocycles. The van der Waals surface area contributed by atoms with Gasteiger partial charge in [0.2, 0.25) is 0 Å². The Balaban J connectivity index is 3.00. The van der Waals surface area contributed by atoms with Gasteiger partial charge >= 0.3 is 0 Å². The molecule has 0 heterocycles. The zero-order chi connectivity index (χ0) is 10.6. The second kappa shape index (κ2) is 4.80. The first-order valence-corrected chi connectivity index (χ1v) is 4.57. The van der Waals surface area contributed by atoms with Crippen molar-refractivity contribution in [3.05, 3.63) is 48.2 Å². The molecule has 0 spiro atoms. The zero-order valence-electron chi connectivity index (χ0n) is 8.51. The smallest absolute Gasteiger partial charge is 0.127 e. The Morgan fingerprint density at radius 3 is 2.79 bits per heavy atom. The van der Waals surface area contributed by atoms with Crippen LogP contribution in [0, 0.1) is 11.7 Å². The monoisotopic (exact) mass is 193 g/mol. The van der Waals surface area contributed by atoms with Gasteiger partial charge in [-0.15, -0.1) is 6.58 Å². The molecule has 0 atom stereocenters. The second-order valence-corrected chi connectivity index (χ2v) is 3.00. The standard InChI is InChI=1S/C12H14FO/c1-4-9(3)10-6-11(13)8-12(7-10)14-5-2/h4,6-8H,1,5H2,2-3H3. The molecule has 0 aromatic heterocycles. The summed E-state index contributed by atoms with van der Waals surface area (Å²) in [5.74, 6) is 1.21. The summed E-state index contributed by atoms with van der Waals surface area (Å²) in [5, 5.41) is 0. The molecule has 0 fully saturated rings. The van der Waals surface area contributed by atoms with Crippen LogP contribution < -0.4 is 4.74 Å². The number of ether oxygens (including phenoxy) is 1. The molecular weight excluding hydrogens is 179 g/mol. The SMILES string of the molecule is C=C[C](C)c1cc(F)cc(OCC)c1. The number of rotatable bonds is 4. The van der Waals surface area contributed by atoms with E-state index < -0.39 is 0 Å². The van der Waals surface area contributed by atoms with Crippen molar-refractivity contribution in [2.75, 3.05) is 6.61 Å². The molecule has 1 aromatic carbocycles. The van der Waals surface area contributed by atoms with Crippen molar-refractivity contribution in [3.8, 4) is 5.75 Å². The lowest BCUT2D eigenvalue weighted by Gasteiger charge is -2.09. The van der Waals surface area contributed by atoms with Crippen molar-refractivity contribution in [3.63, 3.8) is 0 Å². The molecule has 75 valence electrons. The molecule has 0 aliphatic carbocycles. The molecular formula is C12H14FO. The summed E-state index contributed by atoms with van der Waals surface area (Å²) in [6.07, 6.45) is 1.70. The molecule has 0 N–H and O–H groups in total. The number of allylic oxidation sites excluding steroid dienone is 1. The number of halogens is 1. The van der Waals surface area contributed by atoms with Crippen LogP contribution in [0.1, 0.15) is 19.4 Å². The lowest BCUT2D eigenvalue weighted by atomic mass is 10.0. The third-order valence-electron chi connectivity index (χ3n) is 1.94. The molecule has 1 nitrogen and oxygen atoms in total. The van der Waals surface area contributed by atoms with E-state index in [0.717, 1.165) is 11.5 Å². The maximum Gasteiger partial charge on any atom is 0.127 e. The van der Waals surface area contributed by atoms with Crippen molar-refractivity contribution >= 4 is 0 Å². The molecule has 1 rings (SSSR count). The summed E-state index contributed by atoms with van der Waals surface area (Å²) < 4.78 is 18.4. The van der Waals surface area contributed by atoms with Crippen molar-refractivity contribution in [1.29, 1.82) is 0 Å². The molecule has 14 heavy (non-hydrogen) atoms. The fraction of sp³-hybridized carbons (Fsp3) is 0.250. The lowest BCUT2D eigenvalue weighted by Crippen LogP contribution is -1.96. The van der Waals surface area contributed by atoms with Gasteiger partial charge in [0, 0.05) is 12.0 Å². The number of hydrogen-bond donors (Lipinski definition) is 0. The topological polar surface area (TPSA) is 9.23 Å². The average molecular weight is 193 g/mol. The number of benzene rings is 1. The fourth-order valence-electron chi connectivity index (χ4n) is 1.16. The predicted octanol–water partition coefficient (Wildman–Crippen LogP) is 3.35. The van der Waals surface area contributed by atoms with Crippen LogP contribution in [0.15, 0.2) is 30.9 Å². The van der Waals surface area contributed by atoms with Crippen LogP contribution in [0.4, 0.5) is 4.39 Å². The van der Waals surface area contributed by atoms with Gasteiger partial charge in [-0.2, -0.15) is 0 Å². The van der Waals surface area contributed by atoms with Gasteiger partial charge in [0.25, 0.3) is 0 Å². The summed E-state index contributed by atoms with van der Waals surface area (Å²) >= 11 is 0. The molecule has 0 bridgehead atoms. The number of hydrogen-bond acceptors (Lipinski definition) is 1. The zero-order valence-corrected chi connectivity index (χ0v) is 8.51. The van der Waals surface area contributed by atoms with Crippen LogP contribution in [0.5, 0.6) is 5.75 Å². The summed E-state index contributed by atoms with van der Waals surface area (Å²) in [4.78, 5) is 0. The maximum absolute atomic E-state index is 13.1. The lowest BCUT2D eigenvalue weighted by molar-refractivity contribution is 0.338. The van der Waals surface area contributed by atoms with Crippen LogP contribution in [-0.4, -0.2) is 6.61 Å². The minimum atomic E-state index is -0.285. The molecule has 1 aromatic rings. The Morgan fingerprint density at radius 2 is 2.21 bits per heavy atom. The molecule has 0 amide bonds. The Kier molecular flexibility index (Phi) is 3.69. The van der Waals surface area contributed by atoms with Gasteiger partial charge in [0.05, 0.1) is 6.61 Å². The van der Waals surface area contributed by atoms with E-state index in [1.165, 1.54) is 12.1 Å². The second-order valence-electron chi connectivity index (χ2n) is 3.00. The van der Waals surface area contributed by atoms with E-state index in [9.17, 15) is 4.39 Å². The van der Waals surface area contributed by atoms with Gasteiger partial charge in [0.1, 0.15) is 11.6 Å². The first-order chi connectivity index (χ1) is 6.67. The van der Waals surface area contributed by atoms with E-state index >= 15 is 0 Å². The van der Waals surface area contributed by atoms with Crippen LogP contribution >= 0.6 is 0 Å². The van der Waals surface area contributed by atoms with Crippen LogP contribution in [0.25, 0.3) is 0 Å². The molecule has 0 unspecified atom stereocenters. The van der Waals surface area contributed by atoms with Crippen LogP contribution in [0.3, 0.4) is 0 Å². The summed E-state index contributed by atoms with van der Waals surface area (Å²) in [6, 6.07) is 4.66. The Labute approximate surface area is 84.2 Å². The van der Waals surface area contributed by atoms with E-state index in [-0.39, 0.29) is 5.82 Å². The average Bonchev–Trinajstić information content (AvgIpc) is 2.16. The Morgan fingerprint density at radius 1 is 1.50 bits per heavy atom. The van der Waals surface area contributed by atoms with Gasteiger partial charge < -0.3 is 4.74 Å². The van der Waals surface area contributed by atoms with Gasteiger partial charge in [-0.3, -0.25) is 0 Å². The van der Waals surface area contributed by atoms with E-state index in [1.54, 1.807) is 6.08 Å². The molecule has 0 saturated heterocycles. The highest BCUT2D eigenvalue weighted by atomic mass is 19.1. The summed E-state index contributed by atoms with van der Waals surface area (Å²) in [5.41, 5.74) is 0.809. The molecule has 2 heteroatoms. The minimum absolute atomic E-state index is 0.285. The molecule has 0 aliphatic rings. The van der Waals surface area contributed by atoms with Gasteiger partial charge in [0.15, 0.2) is 0 Å². The third kappa shape index (κ3) is 2.59. The van der Waals surface area contributed by atoms with E-state index in [2.05, 4.69) is 6.58 Å². The van der Waals surface area contributed by atoms with Gasteiger partial charge in [-0.25, -0.2) is 4.39 Å². The normalized spacial score (nSPS) is 10.3. The summed E-state index contributed by atoms with van der Waals surface area (Å²) in [7, 11) is 0. The van der Waals surface area contributed by atoms with Crippen LogP contribution in [0.2, 0.25) is 0 Å². The third-order valence-corrected chi connectivity index (χ3v) is 1.94. The largest absolute Gasteiger partial charge is 0.494 e. The maximum atomic E-state index is 13.1. The van der Waals surface area contributed by atoms with Gasteiger partial charge in [-0.1, -0.05) is 13.0 Å². The highest BCUT2D eigenvalue weighted by Crippen LogP contribution is 2.22. The van der Waals surface area contributed by atoms with Crippen LogP contribution in [-0.2, 0) is 0 Å². The van der Waals surface area contributed by atoms with E-state index in [4.69, 9.17) is 4.74 Å². The highest BCUT2D eigenvalue weighted by Gasteiger charge is 2.06. The van der Waals surface area contributed by atoms with Crippen molar-refractivity contribution in [1.82, 2.24) is 0 Å². The van der Waals surface area contributed by atoms with E-state index in [1.807, 2.05) is 19.9 Å². The first-order valence-electron chi connectivity index (χ1n) is 4.57. The highest BCUT2D eigenvalue weighted by molar-refractivity contribution is 5.40. The molecule has 0 aliphatic heterocycles. The predicted molar refractivity (Wildman–Crippen MR) is 55.8 cm³/mol. The first kappa shape index (κ1) is 10.8. The van der Waals surface area contributed by atoms with Crippen molar-refractivity contribution in [2.24, 2.45) is 0 Å². The summed E-state index contributed by atoms with van der Waals surface area (Å²) in [6.45, 7) is 7.94.